The van der Waals surface area contributed by atoms with Crippen molar-refractivity contribution in [3.63, 3.8) is 0 Å². The maximum Gasteiger partial charge on any atom is 0.0590 e. The van der Waals surface area contributed by atoms with E-state index in [0.29, 0.717) is 5.38 Å². The van der Waals surface area contributed by atoms with Crippen molar-refractivity contribution in [3.05, 3.63) is 0 Å². The van der Waals surface area contributed by atoms with Crippen molar-refractivity contribution < 1.29 is 4.74 Å². The number of nitrogens with one attached hydrogen (secondary N) is 1. The highest BCUT2D eigenvalue weighted by Gasteiger charge is 1.94. The number of hydrogen-bond acceptors (Lipinski definition) is 2. The first-order valence-electron chi connectivity index (χ1n) is 5.20. The van der Waals surface area contributed by atoms with Gasteiger partial charge in [0.15, 0.2) is 0 Å². The molecule has 3 heteroatoms. The Bertz CT molecular complexity index is 98.9. The summed E-state index contributed by atoms with van der Waals surface area (Å²) < 4.78 is 5.32. The van der Waals surface area contributed by atoms with Crippen LogP contribution in [0, 0.1) is 0 Å². The van der Waals surface area contributed by atoms with Gasteiger partial charge in [-0.05, 0) is 32.7 Å². The largest absolute Gasteiger partial charge is 0.380 e. The predicted octanol–water partition coefficient (Wildman–Crippen LogP) is 2.41. The number of alkyl halides is 1. The molecule has 0 spiro atoms. The average Bonchev–Trinajstić information content (AvgIpc) is 2.09. The second-order valence-corrected chi connectivity index (χ2v) is 4.03. The molecule has 0 amide bonds. The van der Waals surface area contributed by atoms with Crippen molar-refractivity contribution in [3.8, 4) is 0 Å². The van der Waals surface area contributed by atoms with E-state index in [1.165, 1.54) is 0 Å². The van der Waals surface area contributed by atoms with Gasteiger partial charge in [-0.15, -0.1) is 11.6 Å². The summed E-state index contributed by atoms with van der Waals surface area (Å²) >= 11 is 5.81. The molecule has 80 valence electrons. The van der Waals surface area contributed by atoms with E-state index in [1.54, 1.807) is 0 Å². The van der Waals surface area contributed by atoms with Crippen LogP contribution in [0.5, 0.6) is 0 Å². The predicted molar refractivity (Wildman–Crippen MR) is 58.5 cm³/mol. The zero-order valence-electron chi connectivity index (χ0n) is 8.81. The third-order valence-corrected chi connectivity index (χ3v) is 1.95. The SMILES string of the molecule is CCCOCCNCCCC(C)Cl. The molecule has 0 heterocycles. The number of halogens is 1. The van der Waals surface area contributed by atoms with Gasteiger partial charge in [-0.2, -0.15) is 0 Å². The lowest BCUT2D eigenvalue weighted by Gasteiger charge is -2.05. The summed E-state index contributed by atoms with van der Waals surface area (Å²) in [5, 5.41) is 3.62. The first-order valence-corrected chi connectivity index (χ1v) is 5.63. The lowest BCUT2D eigenvalue weighted by molar-refractivity contribution is 0.136. The molecule has 0 aromatic carbocycles. The number of hydrogen-bond donors (Lipinski definition) is 1. The molecule has 0 aromatic heterocycles. The van der Waals surface area contributed by atoms with E-state index < -0.39 is 0 Å². The molecule has 0 saturated carbocycles. The normalized spacial score (nSPS) is 13.2. The molecule has 1 N–H and O–H groups in total. The Balaban J connectivity index is 2.84. The maximum absolute atomic E-state index is 5.81. The minimum absolute atomic E-state index is 0.304. The summed E-state index contributed by atoms with van der Waals surface area (Å²) in [5.41, 5.74) is 0. The Morgan fingerprint density at radius 2 is 2.08 bits per heavy atom. The Morgan fingerprint density at radius 3 is 2.69 bits per heavy atom. The van der Waals surface area contributed by atoms with Gasteiger partial charge in [0, 0.05) is 18.5 Å². The monoisotopic (exact) mass is 207 g/mol. The highest BCUT2D eigenvalue weighted by molar-refractivity contribution is 6.20. The molecule has 2 nitrogen and oxygen atoms in total. The maximum atomic E-state index is 5.81. The standard InChI is InChI=1S/C10H22ClNO/c1-3-8-13-9-7-12-6-4-5-10(2)11/h10,12H,3-9H2,1-2H3. The molecule has 0 saturated heterocycles. The van der Waals surface area contributed by atoms with Crippen molar-refractivity contribution in [2.24, 2.45) is 0 Å². The van der Waals surface area contributed by atoms with Crippen LogP contribution in [0.25, 0.3) is 0 Å². The zero-order chi connectivity index (χ0) is 9.94. The molecular weight excluding hydrogens is 186 g/mol. The highest BCUT2D eigenvalue weighted by atomic mass is 35.5. The van der Waals surface area contributed by atoms with E-state index in [0.717, 1.165) is 45.6 Å². The fraction of sp³-hybridized carbons (Fsp3) is 1.00. The van der Waals surface area contributed by atoms with Crippen molar-refractivity contribution in [2.75, 3.05) is 26.3 Å². The van der Waals surface area contributed by atoms with Gasteiger partial charge in [0.25, 0.3) is 0 Å². The lowest BCUT2D eigenvalue weighted by atomic mass is 10.2. The second-order valence-electron chi connectivity index (χ2n) is 3.29. The molecule has 0 radical (unpaired) electrons. The van der Waals surface area contributed by atoms with Gasteiger partial charge < -0.3 is 10.1 Å². The molecular formula is C10H22ClNO. The summed E-state index contributed by atoms with van der Waals surface area (Å²) in [6.07, 6.45) is 3.34. The Morgan fingerprint density at radius 1 is 1.31 bits per heavy atom. The first-order chi connectivity index (χ1) is 6.27. The van der Waals surface area contributed by atoms with E-state index in [1.807, 2.05) is 6.92 Å². The summed E-state index contributed by atoms with van der Waals surface area (Å²) in [6, 6.07) is 0. The molecule has 0 bridgehead atoms. The molecule has 0 fully saturated rings. The van der Waals surface area contributed by atoms with E-state index >= 15 is 0 Å². The second kappa shape index (κ2) is 10.3. The van der Waals surface area contributed by atoms with Crippen LogP contribution < -0.4 is 5.32 Å². The highest BCUT2D eigenvalue weighted by Crippen LogP contribution is 2.01. The Hall–Kier alpha value is 0.210. The van der Waals surface area contributed by atoms with Crippen LogP contribution in [0.4, 0.5) is 0 Å². The van der Waals surface area contributed by atoms with Gasteiger partial charge >= 0.3 is 0 Å². The number of rotatable bonds is 9. The van der Waals surface area contributed by atoms with Crippen molar-refractivity contribution >= 4 is 11.6 Å². The third kappa shape index (κ3) is 12.2. The molecule has 0 rings (SSSR count). The van der Waals surface area contributed by atoms with Gasteiger partial charge in [0.05, 0.1) is 6.61 Å². The van der Waals surface area contributed by atoms with Crippen LogP contribution in [0.1, 0.15) is 33.1 Å². The fourth-order valence-corrected chi connectivity index (χ4v) is 1.18. The van der Waals surface area contributed by atoms with Crippen LogP contribution in [0.15, 0.2) is 0 Å². The molecule has 1 unspecified atom stereocenters. The third-order valence-electron chi connectivity index (χ3n) is 1.73. The summed E-state index contributed by atoms with van der Waals surface area (Å²) in [7, 11) is 0. The van der Waals surface area contributed by atoms with Gasteiger partial charge in [-0.25, -0.2) is 0 Å². The van der Waals surface area contributed by atoms with Crippen LogP contribution in [-0.4, -0.2) is 31.7 Å². The minimum atomic E-state index is 0.304. The van der Waals surface area contributed by atoms with Crippen LogP contribution in [0.3, 0.4) is 0 Å². The van der Waals surface area contributed by atoms with Gasteiger partial charge in [-0.3, -0.25) is 0 Å². The molecule has 0 aliphatic heterocycles. The summed E-state index contributed by atoms with van der Waals surface area (Å²) in [6.45, 7) is 7.86. The molecule has 13 heavy (non-hydrogen) atoms. The summed E-state index contributed by atoms with van der Waals surface area (Å²) in [4.78, 5) is 0. The first kappa shape index (κ1) is 13.2. The quantitative estimate of drug-likeness (QED) is 0.463. The van der Waals surface area contributed by atoms with Gasteiger partial charge in [-0.1, -0.05) is 6.92 Å². The lowest BCUT2D eigenvalue weighted by Crippen LogP contribution is -2.21. The number of ether oxygens (including phenoxy) is 1. The topological polar surface area (TPSA) is 21.3 Å². The molecule has 0 aliphatic rings. The van der Waals surface area contributed by atoms with E-state index in [-0.39, 0.29) is 0 Å². The average molecular weight is 208 g/mol. The fourth-order valence-electron chi connectivity index (χ4n) is 1.02. The van der Waals surface area contributed by atoms with Crippen molar-refractivity contribution in [1.29, 1.82) is 0 Å². The van der Waals surface area contributed by atoms with Gasteiger partial charge in [0.2, 0.25) is 0 Å². The Kier molecular flexibility index (Phi) is 10.5. The zero-order valence-corrected chi connectivity index (χ0v) is 9.57. The van der Waals surface area contributed by atoms with Crippen LogP contribution in [0.2, 0.25) is 0 Å². The summed E-state index contributed by atoms with van der Waals surface area (Å²) in [5.74, 6) is 0. The van der Waals surface area contributed by atoms with Gasteiger partial charge in [0.1, 0.15) is 0 Å². The van der Waals surface area contributed by atoms with Crippen LogP contribution in [-0.2, 0) is 4.74 Å². The van der Waals surface area contributed by atoms with Crippen LogP contribution >= 0.6 is 11.6 Å². The Labute approximate surface area is 87.0 Å². The van der Waals surface area contributed by atoms with Crippen molar-refractivity contribution in [1.82, 2.24) is 5.32 Å². The minimum Gasteiger partial charge on any atom is -0.380 e. The molecule has 1 atom stereocenters. The molecule has 0 aliphatic carbocycles. The van der Waals surface area contributed by atoms with E-state index in [9.17, 15) is 0 Å². The molecule has 0 aromatic rings. The van der Waals surface area contributed by atoms with Crippen molar-refractivity contribution in [2.45, 2.75) is 38.5 Å². The van der Waals surface area contributed by atoms with E-state index in [2.05, 4.69) is 12.2 Å². The van der Waals surface area contributed by atoms with E-state index in [4.69, 9.17) is 16.3 Å². The smallest absolute Gasteiger partial charge is 0.0590 e.